The molecular weight excluding hydrogens is 440 g/mol. The minimum Gasteiger partial charge on any atom is -0.468 e. The highest BCUT2D eigenvalue weighted by Gasteiger charge is 2.20. The van der Waals surface area contributed by atoms with Crippen LogP contribution in [0.2, 0.25) is 5.02 Å². The number of ether oxygens (including phenoxy) is 1. The first-order valence-electron chi connectivity index (χ1n) is 9.47. The van der Waals surface area contributed by atoms with Crippen LogP contribution in [0, 0.1) is 6.92 Å². The molecule has 0 saturated heterocycles. The Hall–Kier alpha value is -2.68. The number of aromatic nitrogens is 1. The SMILES string of the molecule is COC(=O)CS(=O)c1ccc([C@@H](CO)NC(=O)c2cc3c(Cl)cc(C)cc3n2C)cc1. The Morgan fingerprint density at radius 3 is 2.52 bits per heavy atom. The fourth-order valence-electron chi connectivity index (χ4n) is 3.30. The number of carbonyl (C=O) groups is 2. The zero-order chi connectivity index (χ0) is 22.7. The molecule has 2 aromatic carbocycles. The second-order valence-electron chi connectivity index (χ2n) is 7.11. The van der Waals surface area contributed by atoms with Gasteiger partial charge in [-0.1, -0.05) is 23.7 Å². The van der Waals surface area contributed by atoms with Crippen LogP contribution >= 0.6 is 11.6 Å². The second-order valence-corrected chi connectivity index (χ2v) is 8.97. The van der Waals surface area contributed by atoms with E-state index in [9.17, 15) is 18.9 Å². The molecule has 0 aliphatic carbocycles. The molecule has 9 heteroatoms. The van der Waals surface area contributed by atoms with Gasteiger partial charge >= 0.3 is 5.97 Å². The van der Waals surface area contributed by atoms with E-state index < -0.39 is 22.8 Å². The van der Waals surface area contributed by atoms with E-state index in [0.29, 0.717) is 21.2 Å². The van der Waals surface area contributed by atoms with Crippen molar-refractivity contribution in [2.75, 3.05) is 19.5 Å². The highest BCUT2D eigenvalue weighted by atomic mass is 35.5. The van der Waals surface area contributed by atoms with Crippen LogP contribution in [0.15, 0.2) is 47.4 Å². The maximum atomic E-state index is 12.9. The highest BCUT2D eigenvalue weighted by molar-refractivity contribution is 7.85. The van der Waals surface area contributed by atoms with Gasteiger partial charge in [-0.2, -0.15) is 0 Å². The van der Waals surface area contributed by atoms with Crippen molar-refractivity contribution in [2.45, 2.75) is 17.9 Å². The van der Waals surface area contributed by atoms with Crippen LogP contribution in [-0.2, 0) is 27.4 Å². The van der Waals surface area contributed by atoms with Gasteiger partial charge in [0.2, 0.25) is 0 Å². The lowest BCUT2D eigenvalue weighted by atomic mass is 10.1. The molecule has 1 amide bonds. The van der Waals surface area contributed by atoms with Crippen LogP contribution in [-0.4, -0.2) is 45.2 Å². The Labute approximate surface area is 187 Å². The van der Waals surface area contributed by atoms with Gasteiger partial charge in [-0.15, -0.1) is 0 Å². The lowest BCUT2D eigenvalue weighted by molar-refractivity contribution is -0.137. The number of esters is 1. The van der Waals surface area contributed by atoms with Crippen LogP contribution in [0.4, 0.5) is 0 Å². The third-order valence-electron chi connectivity index (χ3n) is 5.00. The van der Waals surface area contributed by atoms with Crippen molar-refractivity contribution in [1.82, 2.24) is 9.88 Å². The van der Waals surface area contributed by atoms with Gasteiger partial charge in [-0.3, -0.25) is 13.8 Å². The van der Waals surface area contributed by atoms with E-state index in [2.05, 4.69) is 10.1 Å². The number of aliphatic hydroxyl groups is 1. The Bertz CT molecular complexity index is 1160. The molecule has 3 aromatic rings. The largest absolute Gasteiger partial charge is 0.468 e. The molecular formula is C22H23ClN2O5S. The highest BCUT2D eigenvalue weighted by Crippen LogP contribution is 2.28. The van der Waals surface area contributed by atoms with Crippen LogP contribution in [0.5, 0.6) is 0 Å². The van der Waals surface area contributed by atoms with Crippen LogP contribution in [0.25, 0.3) is 10.9 Å². The Morgan fingerprint density at radius 1 is 1.23 bits per heavy atom. The zero-order valence-electron chi connectivity index (χ0n) is 17.3. The Morgan fingerprint density at radius 2 is 1.90 bits per heavy atom. The molecule has 0 aliphatic rings. The molecule has 0 saturated carbocycles. The fourth-order valence-corrected chi connectivity index (χ4v) is 4.57. The first kappa shape index (κ1) is 23.0. The summed E-state index contributed by atoms with van der Waals surface area (Å²) in [5.41, 5.74) is 2.88. The number of nitrogens with zero attached hydrogens (tertiary/aromatic N) is 1. The zero-order valence-corrected chi connectivity index (χ0v) is 18.9. The van der Waals surface area contributed by atoms with Crippen molar-refractivity contribution in [3.8, 4) is 0 Å². The lowest BCUT2D eigenvalue weighted by Crippen LogP contribution is -2.32. The summed E-state index contributed by atoms with van der Waals surface area (Å²) in [6, 6.07) is 11.4. The number of nitrogens with one attached hydrogen (secondary N) is 1. The lowest BCUT2D eigenvalue weighted by Gasteiger charge is -2.17. The number of rotatable bonds is 7. The Kier molecular flexibility index (Phi) is 7.15. The molecule has 0 fully saturated rings. The first-order chi connectivity index (χ1) is 14.7. The number of fused-ring (bicyclic) bond motifs is 1. The number of benzene rings is 2. The standard InChI is InChI=1S/C22H23ClN2O5S/c1-13-8-17(23)16-10-20(25(2)19(16)9-13)22(28)24-18(11-26)14-4-6-15(7-5-14)31(29)12-21(27)30-3/h4-10,18,26H,11-12H2,1-3H3,(H,24,28)/t18-,31?/m1/s1. The molecule has 0 radical (unpaired) electrons. The molecule has 3 rings (SSSR count). The van der Waals surface area contributed by atoms with Crippen LogP contribution < -0.4 is 5.32 Å². The summed E-state index contributed by atoms with van der Waals surface area (Å²) < 4.78 is 18.5. The molecule has 1 heterocycles. The van der Waals surface area contributed by atoms with E-state index in [1.165, 1.54) is 7.11 Å². The summed E-state index contributed by atoms with van der Waals surface area (Å²) in [5.74, 6) is -1.16. The molecule has 0 spiro atoms. The summed E-state index contributed by atoms with van der Waals surface area (Å²) in [6.07, 6.45) is 0. The van der Waals surface area contributed by atoms with E-state index in [0.717, 1.165) is 16.5 Å². The second kappa shape index (κ2) is 9.64. The summed E-state index contributed by atoms with van der Waals surface area (Å²) >= 11 is 6.32. The molecule has 2 N–H and O–H groups in total. The number of halogens is 1. The molecule has 1 aromatic heterocycles. The molecule has 0 aliphatic heterocycles. The number of hydrogen-bond donors (Lipinski definition) is 2. The van der Waals surface area contributed by atoms with Gasteiger partial charge in [0.15, 0.2) is 0 Å². The predicted molar refractivity (Wildman–Crippen MR) is 120 cm³/mol. The van der Waals surface area contributed by atoms with Crippen molar-refractivity contribution in [3.05, 3.63) is 64.3 Å². The number of amides is 1. The maximum absolute atomic E-state index is 12.9. The van der Waals surface area contributed by atoms with E-state index >= 15 is 0 Å². The number of hydrogen-bond acceptors (Lipinski definition) is 5. The average Bonchev–Trinajstić information content (AvgIpc) is 3.08. The van der Waals surface area contributed by atoms with Crippen molar-refractivity contribution in [1.29, 1.82) is 0 Å². The fraction of sp³-hybridized carbons (Fsp3) is 0.273. The first-order valence-corrected chi connectivity index (χ1v) is 11.2. The van der Waals surface area contributed by atoms with Crippen LogP contribution in [0.1, 0.15) is 27.7 Å². The van der Waals surface area contributed by atoms with Crippen molar-refractivity contribution in [2.24, 2.45) is 7.05 Å². The molecule has 1 unspecified atom stereocenters. The smallest absolute Gasteiger partial charge is 0.318 e. The summed E-state index contributed by atoms with van der Waals surface area (Å²) in [6.45, 7) is 1.61. The van der Waals surface area contributed by atoms with Crippen molar-refractivity contribution >= 4 is 45.2 Å². The van der Waals surface area contributed by atoms with Gasteiger partial charge in [0.1, 0.15) is 11.4 Å². The van der Waals surface area contributed by atoms with Gasteiger partial charge in [0.25, 0.3) is 5.91 Å². The normalized spacial score (nSPS) is 13.1. The third kappa shape index (κ3) is 4.98. The minimum absolute atomic E-state index is 0.237. The maximum Gasteiger partial charge on any atom is 0.318 e. The topological polar surface area (TPSA) is 97.6 Å². The number of carbonyl (C=O) groups excluding carboxylic acids is 2. The summed E-state index contributed by atoms with van der Waals surface area (Å²) in [5, 5.41) is 14.0. The number of methoxy groups -OCH3 is 1. The summed E-state index contributed by atoms with van der Waals surface area (Å²) in [4.78, 5) is 24.7. The van der Waals surface area contributed by atoms with Crippen molar-refractivity contribution < 1.29 is 23.6 Å². The van der Waals surface area contributed by atoms with Gasteiger partial charge < -0.3 is 19.7 Å². The minimum atomic E-state index is -1.53. The quantitative estimate of drug-likeness (QED) is 0.526. The van der Waals surface area contributed by atoms with E-state index in [1.807, 2.05) is 19.1 Å². The van der Waals surface area contributed by atoms with Crippen LogP contribution in [0.3, 0.4) is 0 Å². The van der Waals surface area contributed by atoms with E-state index in [-0.39, 0.29) is 18.3 Å². The van der Waals surface area contributed by atoms with E-state index in [1.54, 1.807) is 41.9 Å². The molecule has 0 bridgehead atoms. The third-order valence-corrected chi connectivity index (χ3v) is 6.61. The van der Waals surface area contributed by atoms with Gasteiger partial charge in [-0.05, 0) is 48.4 Å². The summed E-state index contributed by atoms with van der Waals surface area (Å²) in [7, 11) is 1.49. The molecule has 31 heavy (non-hydrogen) atoms. The van der Waals surface area contributed by atoms with Gasteiger partial charge in [0, 0.05) is 17.3 Å². The van der Waals surface area contributed by atoms with Crippen molar-refractivity contribution in [3.63, 3.8) is 0 Å². The number of aryl methyl sites for hydroxylation is 2. The predicted octanol–water partition coefficient (Wildman–Crippen LogP) is 2.88. The monoisotopic (exact) mass is 462 g/mol. The van der Waals surface area contributed by atoms with E-state index in [4.69, 9.17) is 11.6 Å². The molecule has 7 nitrogen and oxygen atoms in total. The molecule has 164 valence electrons. The Balaban J connectivity index is 1.80. The number of aliphatic hydroxyl groups excluding tert-OH is 1. The van der Waals surface area contributed by atoms with Gasteiger partial charge in [0.05, 0.1) is 41.1 Å². The molecule has 2 atom stereocenters. The average molecular weight is 463 g/mol. The van der Waals surface area contributed by atoms with Gasteiger partial charge in [-0.25, -0.2) is 0 Å².